The molecular weight excluding hydrogens is 429 g/mol. The van der Waals surface area contributed by atoms with E-state index in [0.717, 1.165) is 22.3 Å². The molecule has 2 N–H and O–H groups in total. The fourth-order valence-electron chi connectivity index (χ4n) is 4.12. The van der Waals surface area contributed by atoms with E-state index in [-0.39, 0.29) is 6.04 Å². The minimum absolute atomic E-state index is 0.318. The monoisotopic (exact) mass is 454 g/mol. The van der Waals surface area contributed by atoms with Gasteiger partial charge in [-0.05, 0) is 28.3 Å². The normalized spacial score (nSPS) is 12.9. The van der Waals surface area contributed by atoms with Gasteiger partial charge in [-0.1, -0.05) is 121 Å². The van der Waals surface area contributed by atoms with E-state index in [9.17, 15) is 4.57 Å². The fourth-order valence-corrected chi connectivity index (χ4v) is 4.29. The van der Waals surface area contributed by atoms with Crippen molar-refractivity contribution in [2.75, 3.05) is 0 Å². The third-order valence-corrected chi connectivity index (χ3v) is 5.88. The molecule has 0 saturated carbocycles. The molecule has 33 heavy (non-hydrogen) atoms. The summed E-state index contributed by atoms with van der Waals surface area (Å²) in [5, 5.41) is 3.86. The van der Waals surface area contributed by atoms with Crippen molar-refractivity contribution < 1.29 is 14.0 Å². The van der Waals surface area contributed by atoms with Crippen molar-refractivity contribution in [1.82, 2.24) is 5.32 Å². The highest BCUT2D eigenvalue weighted by Gasteiger charge is 2.38. The zero-order chi connectivity index (χ0) is 22.9. The first-order chi connectivity index (χ1) is 16.2. The Hall–Kier alpha value is -3.56. The molecule has 2 unspecified atom stereocenters. The first-order valence-electron chi connectivity index (χ1n) is 10.7. The first kappa shape index (κ1) is 22.6. The van der Waals surface area contributed by atoms with Gasteiger partial charge < -0.3 is 0 Å². The number of hydrogen-bond acceptors (Lipinski definition) is 3. The summed E-state index contributed by atoms with van der Waals surface area (Å²) in [5.74, 6) is 0. The van der Waals surface area contributed by atoms with Crippen LogP contribution in [0.1, 0.15) is 28.3 Å². The van der Waals surface area contributed by atoms with Gasteiger partial charge in [-0.2, -0.15) is 0 Å². The zero-order valence-corrected chi connectivity index (χ0v) is 18.9. The quantitative estimate of drug-likeness (QED) is 0.172. The molecule has 0 heterocycles. The van der Waals surface area contributed by atoms with Crippen molar-refractivity contribution in [3.05, 3.63) is 156 Å². The molecule has 0 spiro atoms. The van der Waals surface area contributed by atoms with Crippen LogP contribution in [0.3, 0.4) is 0 Å². The minimum Gasteiger partial charge on any atom is -0.289 e. The van der Waals surface area contributed by atoms with Gasteiger partial charge in [-0.3, -0.25) is 5.32 Å². The van der Waals surface area contributed by atoms with Gasteiger partial charge in [0.1, 0.15) is 0 Å². The molecule has 0 saturated heterocycles. The van der Waals surface area contributed by atoms with E-state index in [1.807, 2.05) is 84.9 Å². The van der Waals surface area contributed by atoms with E-state index in [0.29, 0.717) is 0 Å². The standard InChI is InChI=1S/C28H24NO3P/c30-33(31)32-22-21-27(23-13-5-1-6-14-23)29-28(24-15-7-2-8-16-24,25-17-9-3-10-18-25)26-19-11-4-12-20-26/h1-22,27,29H/p+1/b22-21+. The van der Waals surface area contributed by atoms with Crippen LogP contribution in [-0.4, -0.2) is 4.89 Å². The Morgan fingerprint density at radius 2 is 1.09 bits per heavy atom. The minimum atomic E-state index is -2.73. The second-order valence-corrected chi connectivity index (χ2v) is 8.24. The van der Waals surface area contributed by atoms with E-state index >= 15 is 0 Å². The van der Waals surface area contributed by atoms with Gasteiger partial charge in [0.05, 0.1) is 11.6 Å². The molecule has 0 aliphatic rings. The molecular formula is C28H25NO3P+. The van der Waals surface area contributed by atoms with Crippen molar-refractivity contribution in [1.29, 1.82) is 0 Å². The van der Waals surface area contributed by atoms with E-state index in [1.54, 1.807) is 6.08 Å². The summed E-state index contributed by atoms with van der Waals surface area (Å²) >= 11 is 0. The van der Waals surface area contributed by atoms with Gasteiger partial charge in [0.2, 0.25) is 0 Å². The van der Waals surface area contributed by atoms with Crippen molar-refractivity contribution in [3.63, 3.8) is 0 Å². The molecule has 4 aromatic rings. The second kappa shape index (κ2) is 10.8. The molecule has 4 aromatic carbocycles. The molecule has 0 aliphatic carbocycles. The fraction of sp³-hybridized carbons (Fsp3) is 0.0714. The lowest BCUT2D eigenvalue weighted by Crippen LogP contribution is -2.46. The maximum atomic E-state index is 11.1. The summed E-state index contributed by atoms with van der Waals surface area (Å²) < 4.78 is 16.0. The number of rotatable bonds is 9. The average molecular weight is 454 g/mol. The molecule has 0 aromatic heterocycles. The predicted octanol–water partition coefficient (Wildman–Crippen LogP) is 6.49. The van der Waals surface area contributed by atoms with Crippen LogP contribution in [0.4, 0.5) is 0 Å². The molecule has 0 aliphatic heterocycles. The summed E-state index contributed by atoms with van der Waals surface area (Å²) in [6.07, 6.45) is 3.05. The second-order valence-electron chi connectivity index (χ2n) is 7.55. The van der Waals surface area contributed by atoms with Gasteiger partial charge in [-0.25, -0.2) is 4.52 Å². The molecule has 4 rings (SSSR count). The lowest BCUT2D eigenvalue weighted by molar-refractivity contribution is 0.372. The highest BCUT2D eigenvalue weighted by atomic mass is 31.1. The van der Waals surface area contributed by atoms with Crippen LogP contribution < -0.4 is 5.32 Å². The predicted molar refractivity (Wildman–Crippen MR) is 132 cm³/mol. The summed E-state index contributed by atoms with van der Waals surface area (Å²) in [7, 11) is -2.73. The van der Waals surface area contributed by atoms with Gasteiger partial charge in [-0.15, -0.1) is 4.89 Å². The Morgan fingerprint density at radius 1 is 0.697 bits per heavy atom. The van der Waals surface area contributed by atoms with Crippen molar-refractivity contribution in [2.24, 2.45) is 0 Å². The van der Waals surface area contributed by atoms with Crippen LogP contribution >= 0.6 is 8.25 Å². The Balaban J connectivity index is 1.93. The number of benzene rings is 4. The highest BCUT2D eigenvalue weighted by molar-refractivity contribution is 7.32. The van der Waals surface area contributed by atoms with E-state index in [4.69, 9.17) is 9.42 Å². The van der Waals surface area contributed by atoms with Gasteiger partial charge in [0.15, 0.2) is 6.26 Å². The Kier molecular flexibility index (Phi) is 7.43. The maximum absolute atomic E-state index is 11.1. The zero-order valence-electron chi connectivity index (χ0n) is 18.0. The summed E-state index contributed by atoms with van der Waals surface area (Å²) in [4.78, 5) is 9.12. The number of nitrogens with one attached hydrogen (secondary N) is 1. The molecule has 5 heteroatoms. The van der Waals surface area contributed by atoms with E-state index in [2.05, 4.69) is 41.7 Å². The van der Waals surface area contributed by atoms with E-state index in [1.165, 1.54) is 6.26 Å². The molecule has 0 radical (unpaired) electrons. The molecule has 0 bridgehead atoms. The topological polar surface area (TPSA) is 58.6 Å². The van der Waals surface area contributed by atoms with Gasteiger partial charge in [0.25, 0.3) is 0 Å². The SMILES string of the molecule is O=[P+](O)O/C=C/C(NC(c1ccccc1)(c1ccccc1)c1ccccc1)c1ccccc1. The lowest BCUT2D eigenvalue weighted by atomic mass is 9.76. The van der Waals surface area contributed by atoms with E-state index < -0.39 is 13.8 Å². The van der Waals surface area contributed by atoms with Gasteiger partial charge in [0, 0.05) is 4.57 Å². The lowest BCUT2D eigenvalue weighted by Gasteiger charge is -2.39. The van der Waals surface area contributed by atoms with Crippen molar-refractivity contribution in [2.45, 2.75) is 11.6 Å². The Morgan fingerprint density at radius 3 is 1.48 bits per heavy atom. The van der Waals surface area contributed by atoms with Crippen molar-refractivity contribution >= 4 is 8.25 Å². The molecule has 4 nitrogen and oxygen atoms in total. The van der Waals surface area contributed by atoms with Crippen LogP contribution in [0.15, 0.2) is 134 Å². The molecule has 2 atom stereocenters. The van der Waals surface area contributed by atoms with Crippen LogP contribution in [0, 0.1) is 0 Å². The van der Waals surface area contributed by atoms with Crippen LogP contribution in [-0.2, 0) is 14.6 Å². The number of hydrogen-bond donors (Lipinski definition) is 2. The summed E-state index contributed by atoms with van der Waals surface area (Å²) in [6.45, 7) is 0. The third kappa shape index (κ3) is 5.27. The van der Waals surface area contributed by atoms with Crippen LogP contribution in [0.25, 0.3) is 0 Å². The molecule has 0 amide bonds. The summed E-state index contributed by atoms with van der Waals surface area (Å²) in [6, 6.07) is 40.5. The largest absolute Gasteiger partial charge is 0.746 e. The third-order valence-electron chi connectivity index (χ3n) is 5.57. The van der Waals surface area contributed by atoms with Crippen molar-refractivity contribution in [3.8, 4) is 0 Å². The molecule has 0 fully saturated rings. The smallest absolute Gasteiger partial charge is 0.289 e. The highest BCUT2D eigenvalue weighted by Crippen LogP contribution is 2.39. The first-order valence-corrected chi connectivity index (χ1v) is 11.8. The van der Waals surface area contributed by atoms with Gasteiger partial charge >= 0.3 is 8.25 Å². The molecule has 164 valence electrons. The Bertz CT molecular complexity index is 1090. The Labute approximate surface area is 195 Å². The summed E-state index contributed by atoms with van der Waals surface area (Å²) in [5.41, 5.74) is 3.52. The van der Waals surface area contributed by atoms with Crippen LogP contribution in [0.2, 0.25) is 0 Å². The van der Waals surface area contributed by atoms with Crippen LogP contribution in [0.5, 0.6) is 0 Å². The average Bonchev–Trinajstić information content (AvgIpc) is 2.88. The maximum Gasteiger partial charge on any atom is 0.746 e.